The highest BCUT2D eigenvalue weighted by Crippen LogP contribution is 2.30. The summed E-state index contributed by atoms with van der Waals surface area (Å²) in [5.41, 5.74) is 4.23. The van der Waals surface area contributed by atoms with Crippen molar-refractivity contribution in [2.75, 3.05) is 0 Å². The van der Waals surface area contributed by atoms with Crippen LogP contribution in [0.3, 0.4) is 0 Å². The quantitative estimate of drug-likeness (QED) is 0.450. The summed E-state index contributed by atoms with van der Waals surface area (Å²) in [4.78, 5) is 0. The lowest BCUT2D eigenvalue weighted by Gasteiger charge is -2.09. The van der Waals surface area contributed by atoms with Gasteiger partial charge in [-0.05, 0) is 78.0 Å². The fourth-order valence-corrected chi connectivity index (χ4v) is 2.31. The molecule has 0 aliphatic heterocycles. The van der Waals surface area contributed by atoms with Crippen molar-refractivity contribution in [1.29, 1.82) is 0 Å². The summed E-state index contributed by atoms with van der Waals surface area (Å²) < 4.78 is 0. The van der Waals surface area contributed by atoms with Gasteiger partial charge in [0.05, 0.1) is 0 Å². The van der Waals surface area contributed by atoms with Gasteiger partial charge in [-0.2, -0.15) is 0 Å². The molecular formula is C23H34O2. The van der Waals surface area contributed by atoms with Crippen LogP contribution in [0, 0.1) is 11.8 Å². The van der Waals surface area contributed by atoms with E-state index in [1.807, 2.05) is 13.8 Å². The molecule has 2 N–H and O–H groups in total. The van der Waals surface area contributed by atoms with Gasteiger partial charge >= 0.3 is 0 Å². The molecule has 0 saturated carbocycles. The maximum absolute atomic E-state index is 10.1. The van der Waals surface area contributed by atoms with Crippen molar-refractivity contribution in [3.63, 3.8) is 0 Å². The van der Waals surface area contributed by atoms with E-state index in [9.17, 15) is 10.2 Å². The molecule has 0 bridgehead atoms. The van der Waals surface area contributed by atoms with Gasteiger partial charge in [-0.15, -0.1) is 11.8 Å². The normalized spacial score (nSPS) is 10.2. The Bertz CT molecular complexity index is 607. The third kappa shape index (κ3) is 10.4. The number of aryl methyl sites for hydroxylation is 1. The highest BCUT2D eigenvalue weighted by atomic mass is 16.3. The van der Waals surface area contributed by atoms with Crippen LogP contribution >= 0.6 is 0 Å². The SMILES string of the molecule is CC#CC.CCCc1cc(O)c(C/C=C(\C)CCC=C(C)C)c(O)c1. The van der Waals surface area contributed by atoms with Gasteiger partial charge in [-0.3, -0.25) is 0 Å². The van der Waals surface area contributed by atoms with E-state index in [2.05, 4.69) is 51.7 Å². The average Bonchev–Trinajstić information content (AvgIpc) is 2.54. The summed E-state index contributed by atoms with van der Waals surface area (Å²) in [6.45, 7) is 12.0. The predicted molar refractivity (Wildman–Crippen MR) is 109 cm³/mol. The molecule has 0 fully saturated rings. The van der Waals surface area contributed by atoms with Crippen LogP contribution in [0.15, 0.2) is 35.4 Å². The first kappa shape index (κ1) is 22.9. The molecule has 2 nitrogen and oxygen atoms in total. The van der Waals surface area contributed by atoms with Gasteiger partial charge in [0.15, 0.2) is 0 Å². The van der Waals surface area contributed by atoms with Crippen LogP contribution in [0.1, 0.15) is 71.9 Å². The average molecular weight is 343 g/mol. The molecule has 138 valence electrons. The number of hydrogen-bond donors (Lipinski definition) is 2. The molecule has 0 unspecified atom stereocenters. The second-order valence-corrected chi connectivity index (χ2v) is 6.44. The number of aromatic hydroxyl groups is 2. The fraction of sp³-hybridized carbons (Fsp3) is 0.478. The molecular weight excluding hydrogens is 308 g/mol. The fourth-order valence-electron chi connectivity index (χ4n) is 2.31. The number of rotatable bonds is 7. The minimum atomic E-state index is 0.201. The van der Waals surface area contributed by atoms with E-state index >= 15 is 0 Å². The van der Waals surface area contributed by atoms with Gasteiger partial charge in [-0.1, -0.05) is 36.6 Å². The lowest BCUT2D eigenvalue weighted by atomic mass is 10.0. The van der Waals surface area contributed by atoms with Crippen molar-refractivity contribution >= 4 is 0 Å². The predicted octanol–water partition coefficient (Wildman–Crippen LogP) is 6.32. The molecule has 0 radical (unpaired) electrons. The van der Waals surface area contributed by atoms with Crippen molar-refractivity contribution in [2.24, 2.45) is 0 Å². The van der Waals surface area contributed by atoms with Gasteiger partial charge in [0.25, 0.3) is 0 Å². The molecule has 1 rings (SSSR count). The number of allylic oxidation sites excluding steroid dienone is 4. The number of hydrogen-bond acceptors (Lipinski definition) is 2. The van der Waals surface area contributed by atoms with Gasteiger partial charge in [0.2, 0.25) is 0 Å². The van der Waals surface area contributed by atoms with Crippen molar-refractivity contribution in [3.8, 4) is 23.3 Å². The summed E-state index contributed by atoms with van der Waals surface area (Å²) >= 11 is 0. The molecule has 0 amide bonds. The maximum Gasteiger partial charge on any atom is 0.123 e. The van der Waals surface area contributed by atoms with E-state index in [1.54, 1.807) is 12.1 Å². The van der Waals surface area contributed by atoms with Gasteiger partial charge in [0, 0.05) is 5.56 Å². The van der Waals surface area contributed by atoms with Crippen LogP contribution in [0.5, 0.6) is 11.5 Å². The van der Waals surface area contributed by atoms with Crippen LogP contribution in [0.25, 0.3) is 0 Å². The standard InChI is InChI=1S/C19H28O2.C4H6/c1-5-7-16-12-18(20)17(19(21)13-16)11-10-15(4)9-6-8-14(2)3;1-3-4-2/h8,10,12-13,20-21H,5-7,9,11H2,1-4H3;1-2H3/b15-10+;. The van der Waals surface area contributed by atoms with Gasteiger partial charge < -0.3 is 10.2 Å². The third-order valence-electron chi connectivity index (χ3n) is 3.80. The van der Waals surface area contributed by atoms with Crippen molar-refractivity contribution in [1.82, 2.24) is 0 Å². The van der Waals surface area contributed by atoms with E-state index in [1.165, 1.54) is 11.1 Å². The van der Waals surface area contributed by atoms with Crippen molar-refractivity contribution in [3.05, 3.63) is 46.6 Å². The summed E-state index contributed by atoms with van der Waals surface area (Å²) in [5.74, 6) is 5.76. The lowest BCUT2D eigenvalue weighted by molar-refractivity contribution is 0.439. The van der Waals surface area contributed by atoms with E-state index in [0.29, 0.717) is 12.0 Å². The molecule has 0 heterocycles. The van der Waals surface area contributed by atoms with Crippen LogP contribution in [0.4, 0.5) is 0 Å². The molecule has 0 saturated heterocycles. The van der Waals surface area contributed by atoms with Crippen LogP contribution in [-0.4, -0.2) is 10.2 Å². The highest BCUT2D eigenvalue weighted by molar-refractivity contribution is 5.47. The maximum atomic E-state index is 10.1. The summed E-state index contributed by atoms with van der Waals surface area (Å²) in [7, 11) is 0. The van der Waals surface area contributed by atoms with Crippen molar-refractivity contribution < 1.29 is 10.2 Å². The zero-order valence-electron chi connectivity index (χ0n) is 16.7. The minimum absolute atomic E-state index is 0.201. The molecule has 0 spiro atoms. The van der Waals surface area contributed by atoms with Crippen LogP contribution in [0.2, 0.25) is 0 Å². The molecule has 2 heteroatoms. The molecule has 1 aromatic rings. The number of phenols is 2. The van der Waals surface area contributed by atoms with Crippen LogP contribution in [-0.2, 0) is 12.8 Å². The monoisotopic (exact) mass is 342 g/mol. The first-order chi connectivity index (χ1) is 11.8. The zero-order valence-corrected chi connectivity index (χ0v) is 16.7. The Morgan fingerprint density at radius 1 is 1.00 bits per heavy atom. The van der Waals surface area contributed by atoms with E-state index in [0.717, 1.165) is 31.2 Å². The zero-order chi connectivity index (χ0) is 19.2. The second kappa shape index (κ2) is 13.2. The minimum Gasteiger partial charge on any atom is -0.508 e. The number of benzene rings is 1. The Kier molecular flexibility index (Phi) is 12.1. The molecule has 25 heavy (non-hydrogen) atoms. The summed E-state index contributed by atoms with van der Waals surface area (Å²) in [6, 6.07) is 3.54. The van der Waals surface area contributed by atoms with E-state index < -0.39 is 0 Å². The Balaban J connectivity index is 0.00000129. The number of phenolic OH excluding ortho intramolecular Hbond substituents is 2. The van der Waals surface area contributed by atoms with E-state index in [-0.39, 0.29) is 11.5 Å². The second-order valence-electron chi connectivity index (χ2n) is 6.44. The Morgan fingerprint density at radius 2 is 1.56 bits per heavy atom. The first-order valence-corrected chi connectivity index (χ1v) is 9.01. The van der Waals surface area contributed by atoms with Gasteiger partial charge in [-0.25, -0.2) is 0 Å². The summed E-state index contributed by atoms with van der Waals surface area (Å²) in [6.07, 6.45) is 8.82. The highest BCUT2D eigenvalue weighted by Gasteiger charge is 2.08. The Hall–Kier alpha value is -2.14. The molecule has 0 aromatic heterocycles. The molecule has 0 aliphatic carbocycles. The first-order valence-electron chi connectivity index (χ1n) is 9.01. The van der Waals surface area contributed by atoms with Gasteiger partial charge in [0.1, 0.15) is 11.5 Å². The molecule has 0 aliphatic rings. The molecule has 1 aromatic carbocycles. The third-order valence-corrected chi connectivity index (χ3v) is 3.80. The van der Waals surface area contributed by atoms with Crippen molar-refractivity contribution in [2.45, 2.75) is 73.6 Å². The Morgan fingerprint density at radius 3 is 2.00 bits per heavy atom. The molecule has 0 atom stereocenters. The van der Waals surface area contributed by atoms with E-state index in [4.69, 9.17) is 0 Å². The topological polar surface area (TPSA) is 40.5 Å². The largest absolute Gasteiger partial charge is 0.508 e. The smallest absolute Gasteiger partial charge is 0.123 e. The summed E-state index contributed by atoms with van der Waals surface area (Å²) in [5, 5.41) is 20.1. The van der Waals surface area contributed by atoms with Crippen LogP contribution < -0.4 is 0 Å². The Labute approximate surface area is 154 Å². The lowest BCUT2D eigenvalue weighted by Crippen LogP contribution is -1.90.